The Labute approximate surface area is 142 Å². The number of methoxy groups -OCH3 is 2. The summed E-state index contributed by atoms with van der Waals surface area (Å²) in [5.41, 5.74) is 0. The normalized spacial score (nSPS) is 11.3. The Morgan fingerprint density at radius 2 is 1.38 bits per heavy atom. The molecule has 0 aliphatic rings. The van der Waals surface area contributed by atoms with Gasteiger partial charge in [0, 0.05) is 6.17 Å². The van der Waals surface area contributed by atoms with Crippen molar-refractivity contribution < 1.29 is 9.47 Å². The van der Waals surface area contributed by atoms with Gasteiger partial charge in [-0.25, -0.2) is 4.98 Å². The highest BCUT2D eigenvalue weighted by Crippen LogP contribution is 2.15. The maximum Gasteiger partial charge on any atom is 0.137 e. The SMILES string of the molecule is COc1ccc([Si](C)(Cn2cncn2)c2ccc(OC)cc2)cc1. The molecule has 0 saturated carbocycles. The molecule has 124 valence electrons. The maximum atomic E-state index is 5.30. The first-order valence-electron chi connectivity index (χ1n) is 7.77. The smallest absolute Gasteiger partial charge is 0.137 e. The van der Waals surface area contributed by atoms with Gasteiger partial charge in [-0.05, 0) is 24.3 Å². The number of hydrogen-bond donors (Lipinski definition) is 0. The minimum Gasteiger partial charge on any atom is -0.497 e. The van der Waals surface area contributed by atoms with E-state index in [0.29, 0.717) is 0 Å². The van der Waals surface area contributed by atoms with Crippen LogP contribution >= 0.6 is 0 Å². The summed E-state index contributed by atoms with van der Waals surface area (Å²) < 4.78 is 12.5. The van der Waals surface area contributed by atoms with Gasteiger partial charge in [0.1, 0.15) is 32.2 Å². The van der Waals surface area contributed by atoms with Crippen LogP contribution in [-0.4, -0.2) is 37.1 Å². The first-order chi connectivity index (χ1) is 11.7. The summed E-state index contributed by atoms with van der Waals surface area (Å²) in [6.45, 7) is 2.35. The second kappa shape index (κ2) is 6.88. The highest BCUT2D eigenvalue weighted by Gasteiger charge is 2.33. The van der Waals surface area contributed by atoms with Crippen molar-refractivity contribution in [2.75, 3.05) is 14.2 Å². The topological polar surface area (TPSA) is 49.2 Å². The van der Waals surface area contributed by atoms with Gasteiger partial charge in [0.2, 0.25) is 0 Å². The standard InChI is InChI=1S/C18H21N3O2Si/c1-22-15-4-8-17(9-5-15)24(3,14-21-13-19-12-20-21)18-10-6-16(23-2)7-11-18/h4-13H,14H2,1-3H3. The van der Waals surface area contributed by atoms with Crippen molar-refractivity contribution in [3.05, 3.63) is 61.2 Å². The molecule has 6 heteroatoms. The van der Waals surface area contributed by atoms with Gasteiger partial charge >= 0.3 is 0 Å². The van der Waals surface area contributed by atoms with Crippen LogP contribution < -0.4 is 19.8 Å². The lowest BCUT2D eigenvalue weighted by Crippen LogP contribution is -2.59. The zero-order chi connectivity index (χ0) is 17.0. The van der Waals surface area contributed by atoms with Crippen LogP contribution in [0, 0.1) is 0 Å². The molecule has 5 nitrogen and oxygen atoms in total. The van der Waals surface area contributed by atoms with Gasteiger partial charge in [-0.15, -0.1) is 0 Å². The predicted octanol–water partition coefficient (Wildman–Crippen LogP) is 1.73. The van der Waals surface area contributed by atoms with E-state index in [1.165, 1.54) is 10.4 Å². The van der Waals surface area contributed by atoms with Crippen LogP contribution in [0.5, 0.6) is 11.5 Å². The Hall–Kier alpha value is -2.60. The zero-order valence-corrected chi connectivity index (χ0v) is 15.1. The minimum atomic E-state index is -2.03. The van der Waals surface area contributed by atoms with Crippen LogP contribution in [0.3, 0.4) is 0 Å². The van der Waals surface area contributed by atoms with E-state index in [0.717, 1.165) is 17.7 Å². The van der Waals surface area contributed by atoms with Crippen molar-refractivity contribution in [3.8, 4) is 11.5 Å². The van der Waals surface area contributed by atoms with E-state index in [1.54, 1.807) is 26.9 Å². The first-order valence-corrected chi connectivity index (χ1v) is 10.5. The molecule has 0 radical (unpaired) electrons. The van der Waals surface area contributed by atoms with Crippen molar-refractivity contribution in [3.63, 3.8) is 0 Å². The van der Waals surface area contributed by atoms with Gasteiger partial charge in [-0.1, -0.05) is 41.2 Å². The number of aromatic nitrogens is 3. The fourth-order valence-corrected chi connectivity index (χ4v) is 6.22. The third-order valence-corrected chi connectivity index (χ3v) is 8.57. The lowest BCUT2D eigenvalue weighted by Gasteiger charge is -2.28. The van der Waals surface area contributed by atoms with Crippen LogP contribution in [-0.2, 0) is 6.17 Å². The number of nitrogens with zero attached hydrogens (tertiary/aromatic N) is 3. The number of ether oxygens (including phenoxy) is 2. The lowest BCUT2D eigenvalue weighted by atomic mass is 10.3. The molecule has 3 aromatic rings. The Balaban J connectivity index is 2.04. The minimum absolute atomic E-state index is 0.825. The van der Waals surface area contributed by atoms with Gasteiger partial charge < -0.3 is 9.47 Å². The van der Waals surface area contributed by atoms with Gasteiger partial charge in [-0.3, -0.25) is 4.68 Å². The lowest BCUT2D eigenvalue weighted by molar-refractivity contribution is 0.415. The molecule has 0 unspecified atom stereocenters. The molecular formula is C18H21N3O2Si. The van der Waals surface area contributed by atoms with Crippen LogP contribution in [0.15, 0.2) is 61.2 Å². The summed E-state index contributed by atoms with van der Waals surface area (Å²) in [5, 5.41) is 6.96. The highest BCUT2D eigenvalue weighted by atomic mass is 28.3. The molecule has 2 aromatic carbocycles. The van der Waals surface area contributed by atoms with Crippen molar-refractivity contribution in [2.45, 2.75) is 12.7 Å². The van der Waals surface area contributed by atoms with Crippen LogP contribution in [0.1, 0.15) is 0 Å². The number of benzene rings is 2. The molecule has 0 fully saturated rings. The fraction of sp³-hybridized carbons (Fsp3) is 0.222. The predicted molar refractivity (Wildman–Crippen MR) is 96.9 cm³/mol. The zero-order valence-electron chi connectivity index (χ0n) is 14.1. The summed E-state index contributed by atoms with van der Waals surface area (Å²) in [7, 11) is 1.34. The summed E-state index contributed by atoms with van der Waals surface area (Å²) in [5.74, 6) is 1.73. The van der Waals surface area contributed by atoms with Gasteiger partial charge in [0.15, 0.2) is 0 Å². The Bertz CT molecular complexity index is 724. The summed E-state index contributed by atoms with van der Waals surface area (Å²) >= 11 is 0. The molecule has 0 amide bonds. The third kappa shape index (κ3) is 3.19. The Morgan fingerprint density at radius 1 is 0.875 bits per heavy atom. The second-order valence-electron chi connectivity index (χ2n) is 5.88. The Kier molecular flexibility index (Phi) is 4.66. The van der Waals surface area contributed by atoms with E-state index < -0.39 is 8.07 Å². The van der Waals surface area contributed by atoms with E-state index in [1.807, 2.05) is 28.9 Å². The number of hydrogen-bond acceptors (Lipinski definition) is 4. The first kappa shape index (κ1) is 16.3. The summed E-state index contributed by atoms with van der Waals surface area (Å²) in [6, 6.07) is 16.7. The quantitative estimate of drug-likeness (QED) is 0.642. The monoisotopic (exact) mass is 339 g/mol. The summed E-state index contributed by atoms with van der Waals surface area (Å²) in [6.07, 6.45) is 4.18. The maximum absolute atomic E-state index is 5.30. The summed E-state index contributed by atoms with van der Waals surface area (Å²) in [4.78, 5) is 4.08. The largest absolute Gasteiger partial charge is 0.497 e. The molecule has 0 bridgehead atoms. The van der Waals surface area contributed by atoms with E-state index in [9.17, 15) is 0 Å². The van der Waals surface area contributed by atoms with Crippen LogP contribution in [0.25, 0.3) is 0 Å². The van der Waals surface area contributed by atoms with E-state index in [-0.39, 0.29) is 0 Å². The van der Waals surface area contributed by atoms with E-state index in [4.69, 9.17) is 9.47 Å². The van der Waals surface area contributed by atoms with Gasteiger partial charge in [0.25, 0.3) is 0 Å². The molecule has 0 saturated heterocycles. The molecule has 0 atom stereocenters. The molecule has 1 aromatic heterocycles. The fourth-order valence-electron chi connectivity index (χ4n) is 2.91. The van der Waals surface area contributed by atoms with Gasteiger partial charge in [0.05, 0.1) is 14.2 Å². The van der Waals surface area contributed by atoms with E-state index in [2.05, 4.69) is 40.9 Å². The van der Waals surface area contributed by atoms with Crippen LogP contribution in [0.2, 0.25) is 6.55 Å². The highest BCUT2D eigenvalue weighted by molar-refractivity contribution is 7.00. The van der Waals surface area contributed by atoms with Crippen molar-refractivity contribution in [2.24, 2.45) is 0 Å². The van der Waals surface area contributed by atoms with E-state index >= 15 is 0 Å². The molecule has 24 heavy (non-hydrogen) atoms. The third-order valence-electron chi connectivity index (χ3n) is 4.40. The second-order valence-corrected chi connectivity index (χ2v) is 10.0. The average Bonchev–Trinajstić information content (AvgIpc) is 3.14. The molecule has 0 aliphatic carbocycles. The van der Waals surface area contributed by atoms with Gasteiger partial charge in [-0.2, -0.15) is 5.10 Å². The molecule has 0 N–H and O–H groups in total. The van der Waals surface area contributed by atoms with Crippen molar-refractivity contribution in [1.29, 1.82) is 0 Å². The van der Waals surface area contributed by atoms with Crippen LogP contribution in [0.4, 0.5) is 0 Å². The molecule has 3 rings (SSSR count). The molecule has 0 aliphatic heterocycles. The molecule has 0 spiro atoms. The Morgan fingerprint density at radius 3 is 1.75 bits per heavy atom. The molecular weight excluding hydrogens is 318 g/mol. The van der Waals surface area contributed by atoms with Crippen molar-refractivity contribution >= 4 is 18.4 Å². The molecule has 1 heterocycles. The average molecular weight is 339 g/mol. The van der Waals surface area contributed by atoms with Crippen molar-refractivity contribution in [1.82, 2.24) is 14.8 Å². The number of rotatable bonds is 6.